The van der Waals surface area contributed by atoms with Crippen LogP contribution in [0.15, 0.2) is 36.7 Å². The highest BCUT2D eigenvalue weighted by molar-refractivity contribution is 5.88. The predicted octanol–water partition coefficient (Wildman–Crippen LogP) is 0.959. The Morgan fingerprint density at radius 3 is 2.88 bits per heavy atom. The van der Waals surface area contributed by atoms with Gasteiger partial charge in [-0.2, -0.15) is 5.10 Å². The average molecular weight is 355 g/mol. The van der Waals surface area contributed by atoms with E-state index < -0.39 is 6.04 Å². The molecule has 26 heavy (non-hydrogen) atoms. The summed E-state index contributed by atoms with van der Waals surface area (Å²) < 4.78 is 1.82. The van der Waals surface area contributed by atoms with Crippen molar-refractivity contribution in [2.75, 3.05) is 27.2 Å². The summed E-state index contributed by atoms with van der Waals surface area (Å²) in [5.41, 5.74) is 3.11. The van der Waals surface area contributed by atoms with Gasteiger partial charge in [0, 0.05) is 38.4 Å². The molecular weight excluding hydrogens is 330 g/mol. The van der Waals surface area contributed by atoms with E-state index >= 15 is 0 Å². The molecule has 2 heterocycles. The van der Waals surface area contributed by atoms with Crippen LogP contribution in [0.25, 0.3) is 5.69 Å². The highest BCUT2D eigenvalue weighted by atomic mass is 16.2. The molecule has 0 spiro atoms. The van der Waals surface area contributed by atoms with Crippen molar-refractivity contribution < 1.29 is 9.59 Å². The van der Waals surface area contributed by atoms with Crippen molar-refractivity contribution in [3.8, 4) is 5.69 Å². The predicted molar refractivity (Wildman–Crippen MR) is 98.8 cm³/mol. The number of rotatable bonds is 5. The molecule has 0 bridgehead atoms. The van der Waals surface area contributed by atoms with Gasteiger partial charge >= 0.3 is 0 Å². The molecule has 0 aliphatic carbocycles. The van der Waals surface area contributed by atoms with E-state index in [1.54, 1.807) is 18.1 Å². The second kappa shape index (κ2) is 7.70. The van der Waals surface area contributed by atoms with Crippen molar-refractivity contribution in [3.63, 3.8) is 0 Å². The Balaban J connectivity index is 1.63. The zero-order valence-corrected chi connectivity index (χ0v) is 15.5. The Hall–Kier alpha value is -2.67. The molecular formula is C19H25N5O2. The van der Waals surface area contributed by atoms with Crippen LogP contribution in [0.4, 0.5) is 0 Å². The van der Waals surface area contributed by atoms with Gasteiger partial charge < -0.3 is 10.2 Å². The molecule has 1 aliphatic heterocycles. The van der Waals surface area contributed by atoms with Gasteiger partial charge in [0.25, 0.3) is 0 Å². The monoisotopic (exact) mass is 355 g/mol. The summed E-state index contributed by atoms with van der Waals surface area (Å²) in [5.74, 6) is -0.129. The third kappa shape index (κ3) is 3.94. The first-order valence-corrected chi connectivity index (χ1v) is 8.77. The third-order valence-electron chi connectivity index (χ3n) is 4.81. The van der Waals surface area contributed by atoms with Crippen molar-refractivity contribution in [2.24, 2.45) is 0 Å². The van der Waals surface area contributed by atoms with E-state index in [0.29, 0.717) is 13.1 Å². The largest absolute Gasteiger partial charge is 0.353 e. The Bertz CT molecular complexity index is 801. The number of aryl methyl sites for hydroxylation is 1. The molecule has 1 aromatic carbocycles. The van der Waals surface area contributed by atoms with E-state index in [1.165, 1.54) is 0 Å². The number of aromatic nitrogens is 2. The lowest BCUT2D eigenvalue weighted by atomic mass is 10.1. The maximum Gasteiger partial charge on any atom is 0.237 e. The minimum absolute atomic E-state index is 0.0532. The number of nitrogens with zero attached hydrogens (tertiary/aromatic N) is 4. The standard InChI is InChI=1S/C19H25N5O2/c1-14-6-4-5-7-16(14)24-13-15(11-21-24)12-23(3)18(25)10-17-19(26)20-8-9-22(17)2/h4-7,11,13,17H,8-10,12H2,1-3H3,(H,20,26)/t17-/m1/s1. The number of carbonyl (C=O) groups excluding carboxylic acids is 2. The molecule has 7 nitrogen and oxygen atoms in total. The quantitative estimate of drug-likeness (QED) is 0.867. The van der Waals surface area contributed by atoms with Crippen molar-refractivity contribution in [1.29, 1.82) is 0 Å². The number of para-hydroxylation sites is 1. The summed E-state index contributed by atoms with van der Waals surface area (Å²) in [6.45, 7) is 3.89. The first kappa shape index (κ1) is 18.1. The smallest absolute Gasteiger partial charge is 0.237 e. The number of amides is 2. The summed E-state index contributed by atoms with van der Waals surface area (Å²) in [4.78, 5) is 28.1. The summed E-state index contributed by atoms with van der Waals surface area (Å²) in [5, 5.41) is 7.22. The van der Waals surface area contributed by atoms with Gasteiger partial charge in [-0.25, -0.2) is 4.68 Å². The van der Waals surface area contributed by atoms with Gasteiger partial charge in [0.15, 0.2) is 0 Å². The SMILES string of the molecule is Cc1ccccc1-n1cc(CN(C)C(=O)C[C@@H]2C(=O)NCCN2C)cn1. The lowest BCUT2D eigenvalue weighted by Gasteiger charge is -2.32. The van der Waals surface area contributed by atoms with Crippen LogP contribution in [-0.2, 0) is 16.1 Å². The Labute approximate surface area is 153 Å². The van der Waals surface area contributed by atoms with E-state index in [9.17, 15) is 9.59 Å². The van der Waals surface area contributed by atoms with Gasteiger partial charge in [0.1, 0.15) is 0 Å². The number of benzene rings is 1. The van der Waals surface area contributed by atoms with Crippen LogP contribution in [0.2, 0.25) is 0 Å². The van der Waals surface area contributed by atoms with Crippen molar-refractivity contribution in [1.82, 2.24) is 24.9 Å². The van der Waals surface area contributed by atoms with E-state index in [1.807, 2.05) is 54.0 Å². The molecule has 2 aromatic rings. The number of likely N-dealkylation sites (N-methyl/N-ethyl adjacent to an activating group) is 1. The Morgan fingerprint density at radius 2 is 2.15 bits per heavy atom. The molecule has 1 aromatic heterocycles. The van der Waals surface area contributed by atoms with Gasteiger partial charge in [-0.05, 0) is 25.6 Å². The van der Waals surface area contributed by atoms with Gasteiger partial charge in [0.05, 0.1) is 24.3 Å². The topological polar surface area (TPSA) is 70.5 Å². The van der Waals surface area contributed by atoms with Crippen LogP contribution in [-0.4, -0.2) is 64.6 Å². The molecule has 138 valence electrons. The second-order valence-corrected chi connectivity index (χ2v) is 6.82. The van der Waals surface area contributed by atoms with Crippen LogP contribution in [0, 0.1) is 6.92 Å². The van der Waals surface area contributed by atoms with Crippen molar-refractivity contribution >= 4 is 11.8 Å². The Kier molecular flexibility index (Phi) is 5.37. The van der Waals surface area contributed by atoms with E-state index in [4.69, 9.17) is 0 Å². The van der Waals surface area contributed by atoms with Crippen LogP contribution in [0.3, 0.4) is 0 Å². The molecule has 1 N–H and O–H groups in total. The molecule has 1 saturated heterocycles. The molecule has 3 rings (SSSR count). The number of piperazine rings is 1. The fraction of sp³-hybridized carbons (Fsp3) is 0.421. The van der Waals surface area contributed by atoms with Gasteiger partial charge in [-0.1, -0.05) is 18.2 Å². The molecule has 2 amide bonds. The van der Waals surface area contributed by atoms with Crippen molar-refractivity contribution in [3.05, 3.63) is 47.8 Å². The zero-order chi connectivity index (χ0) is 18.7. The molecule has 1 aliphatic rings. The maximum absolute atomic E-state index is 12.5. The molecule has 1 fully saturated rings. The van der Waals surface area contributed by atoms with E-state index in [-0.39, 0.29) is 18.2 Å². The minimum Gasteiger partial charge on any atom is -0.353 e. The summed E-state index contributed by atoms with van der Waals surface area (Å²) in [7, 11) is 3.64. The van der Waals surface area contributed by atoms with Crippen molar-refractivity contribution in [2.45, 2.75) is 25.9 Å². The van der Waals surface area contributed by atoms with Crippen LogP contribution in [0.5, 0.6) is 0 Å². The molecule has 0 unspecified atom stereocenters. The Morgan fingerprint density at radius 1 is 1.38 bits per heavy atom. The minimum atomic E-state index is -0.395. The fourth-order valence-electron chi connectivity index (χ4n) is 3.16. The fourth-order valence-corrected chi connectivity index (χ4v) is 3.16. The highest BCUT2D eigenvalue weighted by Crippen LogP contribution is 2.15. The number of nitrogens with one attached hydrogen (secondary N) is 1. The first-order chi connectivity index (χ1) is 12.5. The summed E-state index contributed by atoms with van der Waals surface area (Å²) in [6, 6.07) is 7.63. The molecule has 7 heteroatoms. The molecule has 1 atom stereocenters. The molecule has 0 saturated carbocycles. The lowest BCUT2D eigenvalue weighted by molar-refractivity contribution is -0.137. The zero-order valence-electron chi connectivity index (χ0n) is 15.5. The second-order valence-electron chi connectivity index (χ2n) is 6.82. The highest BCUT2D eigenvalue weighted by Gasteiger charge is 2.30. The normalized spacial score (nSPS) is 17.8. The summed E-state index contributed by atoms with van der Waals surface area (Å²) in [6.07, 6.45) is 3.89. The summed E-state index contributed by atoms with van der Waals surface area (Å²) >= 11 is 0. The molecule has 0 radical (unpaired) electrons. The average Bonchev–Trinajstić information content (AvgIpc) is 3.06. The van der Waals surface area contributed by atoms with E-state index in [0.717, 1.165) is 23.4 Å². The van der Waals surface area contributed by atoms with Crippen LogP contribution in [0.1, 0.15) is 17.5 Å². The number of carbonyl (C=O) groups is 2. The first-order valence-electron chi connectivity index (χ1n) is 8.77. The van der Waals surface area contributed by atoms with Gasteiger partial charge in [-0.15, -0.1) is 0 Å². The third-order valence-corrected chi connectivity index (χ3v) is 4.81. The van der Waals surface area contributed by atoms with Crippen LogP contribution < -0.4 is 5.32 Å². The van der Waals surface area contributed by atoms with Gasteiger partial charge in [0.2, 0.25) is 11.8 Å². The number of hydrogen-bond acceptors (Lipinski definition) is 4. The maximum atomic E-state index is 12.5. The van der Waals surface area contributed by atoms with Gasteiger partial charge in [-0.3, -0.25) is 14.5 Å². The lowest BCUT2D eigenvalue weighted by Crippen LogP contribution is -2.54. The number of hydrogen-bond donors (Lipinski definition) is 1. The van der Waals surface area contributed by atoms with Crippen LogP contribution >= 0.6 is 0 Å². The van der Waals surface area contributed by atoms with E-state index in [2.05, 4.69) is 10.4 Å².